The second-order valence-corrected chi connectivity index (χ2v) is 7.43. The summed E-state index contributed by atoms with van der Waals surface area (Å²) in [4.78, 5) is 11.8. The summed E-state index contributed by atoms with van der Waals surface area (Å²) in [5, 5.41) is 10.0. The fourth-order valence-electron chi connectivity index (χ4n) is 2.88. The third-order valence-corrected chi connectivity index (χ3v) is 4.84. The average molecular weight is 465 g/mol. The van der Waals surface area contributed by atoms with Gasteiger partial charge in [-0.15, -0.1) is 35.3 Å². The Morgan fingerprint density at radius 2 is 2.12 bits per heavy atom. The fourth-order valence-corrected chi connectivity index (χ4v) is 3.53. The lowest BCUT2D eigenvalue weighted by Gasteiger charge is -2.19. The molecule has 0 amide bonds. The Kier molecular flexibility index (Phi) is 10.8. The highest BCUT2D eigenvalue weighted by molar-refractivity contribution is 14.0. The molecule has 1 aliphatic heterocycles. The second kappa shape index (κ2) is 12.0. The number of likely N-dealkylation sites (tertiary alicyclic amines) is 1. The van der Waals surface area contributed by atoms with Crippen LogP contribution >= 0.6 is 35.3 Å². The molecule has 138 valence electrons. The Balaban J connectivity index is 0.00000288. The molecule has 0 aliphatic carbocycles. The number of nitrogens with one attached hydrogen (secondary N) is 2. The number of hydrogen-bond acceptors (Lipinski definition) is 4. The van der Waals surface area contributed by atoms with Crippen LogP contribution in [0, 0.1) is 12.8 Å². The monoisotopic (exact) mass is 465 g/mol. The molecule has 2 rings (SSSR count). The largest absolute Gasteiger partial charge is 0.357 e. The Hall–Kier alpha value is -0.410. The van der Waals surface area contributed by atoms with Gasteiger partial charge < -0.3 is 15.5 Å². The Labute approximate surface area is 167 Å². The van der Waals surface area contributed by atoms with Gasteiger partial charge in [0.25, 0.3) is 0 Å². The van der Waals surface area contributed by atoms with Crippen LogP contribution in [0.4, 0.5) is 0 Å². The normalized spacial score (nSPS) is 16.7. The number of nitrogens with zero attached hydrogens (tertiary/aromatic N) is 3. The molecule has 2 N–H and O–H groups in total. The summed E-state index contributed by atoms with van der Waals surface area (Å²) >= 11 is 1.71. The lowest BCUT2D eigenvalue weighted by molar-refractivity contribution is 0.291. The third kappa shape index (κ3) is 8.11. The lowest BCUT2D eigenvalue weighted by Crippen LogP contribution is -2.39. The van der Waals surface area contributed by atoms with Crippen molar-refractivity contribution in [3.05, 3.63) is 16.1 Å². The number of aryl methyl sites for hydroxylation is 1. The van der Waals surface area contributed by atoms with Crippen molar-refractivity contribution in [2.45, 2.75) is 40.0 Å². The molecule has 1 saturated heterocycles. The van der Waals surface area contributed by atoms with E-state index in [-0.39, 0.29) is 24.0 Å². The molecule has 1 aliphatic rings. The van der Waals surface area contributed by atoms with Gasteiger partial charge in [-0.1, -0.05) is 6.92 Å². The molecule has 0 spiro atoms. The van der Waals surface area contributed by atoms with E-state index in [1.807, 2.05) is 0 Å². The summed E-state index contributed by atoms with van der Waals surface area (Å²) in [6.45, 7) is 12.8. The van der Waals surface area contributed by atoms with Gasteiger partial charge >= 0.3 is 0 Å². The van der Waals surface area contributed by atoms with E-state index in [9.17, 15) is 0 Å². The SMILES string of the molecule is CCNC(=NCC(C)CN1CCCC1)NCCc1csc(C)n1.I. The molecule has 7 heteroatoms. The Morgan fingerprint density at radius 1 is 1.38 bits per heavy atom. The van der Waals surface area contributed by atoms with E-state index in [0.717, 1.165) is 37.0 Å². The number of hydrogen-bond donors (Lipinski definition) is 2. The number of halogens is 1. The van der Waals surface area contributed by atoms with Crippen molar-refractivity contribution in [3.63, 3.8) is 0 Å². The minimum Gasteiger partial charge on any atom is -0.357 e. The predicted octanol–water partition coefficient (Wildman–Crippen LogP) is 2.90. The molecule has 24 heavy (non-hydrogen) atoms. The van der Waals surface area contributed by atoms with E-state index >= 15 is 0 Å². The van der Waals surface area contributed by atoms with Crippen LogP contribution in [0.2, 0.25) is 0 Å². The Bertz CT molecular complexity index is 485. The number of aliphatic imine (C=N–C) groups is 1. The van der Waals surface area contributed by atoms with Crippen LogP contribution in [0.1, 0.15) is 37.4 Å². The molecule has 0 bridgehead atoms. The molecule has 1 aromatic rings. The van der Waals surface area contributed by atoms with Crippen LogP contribution in [0.25, 0.3) is 0 Å². The first kappa shape index (κ1) is 21.6. The first-order valence-corrected chi connectivity index (χ1v) is 9.71. The topological polar surface area (TPSA) is 52.6 Å². The van der Waals surface area contributed by atoms with Gasteiger partial charge in [0.05, 0.1) is 10.7 Å². The van der Waals surface area contributed by atoms with Gasteiger partial charge in [-0.2, -0.15) is 0 Å². The average Bonchev–Trinajstić information content (AvgIpc) is 3.16. The lowest BCUT2D eigenvalue weighted by atomic mass is 10.2. The molecule has 1 fully saturated rings. The summed E-state index contributed by atoms with van der Waals surface area (Å²) in [5.41, 5.74) is 1.17. The summed E-state index contributed by atoms with van der Waals surface area (Å²) in [5.74, 6) is 1.53. The smallest absolute Gasteiger partial charge is 0.191 e. The minimum absolute atomic E-state index is 0. The van der Waals surface area contributed by atoms with Gasteiger partial charge in [-0.25, -0.2) is 4.98 Å². The van der Waals surface area contributed by atoms with E-state index in [0.29, 0.717) is 5.92 Å². The summed E-state index contributed by atoms with van der Waals surface area (Å²) in [6, 6.07) is 0. The zero-order chi connectivity index (χ0) is 16.5. The van der Waals surface area contributed by atoms with Crippen LogP contribution in [0.3, 0.4) is 0 Å². The third-order valence-electron chi connectivity index (χ3n) is 4.01. The molecule has 1 aromatic heterocycles. The summed E-state index contributed by atoms with van der Waals surface area (Å²) < 4.78 is 0. The quantitative estimate of drug-likeness (QED) is 0.352. The van der Waals surface area contributed by atoms with Crippen LogP contribution in [-0.4, -0.2) is 55.1 Å². The first-order chi connectivity index (χ1) is 11.2. The minimum atomic E-state index is 0. The maximum absolute atomic E-state index is 4.74. The number of guanidine groups is 1. The highest BCUT2D eigenvalue weighted by Gasteiger charge is 2.14. The van der Waals surface area contributed by atoms with Crippen molar-refractivity contribution in [2.24, 2.45) is 10.9 Å². The zero-order valence-corrected chi connectivity index (χ0v) is 18.3. The van der Waals surface area contributed by atoms with Gasteiger partial charge in [-0.05, 0) is 45.7 Å². The van der Waals surface area contributed by atoms with E-state index < -0.39 is 0 Å². The van der Waals surface area contributed by atoms with Crippen LogP contribution in [-0.2, 0) is 6.42 Å². The van der Waals surface area contributed by atoms with E-state index in [1.165, 1.54) is 38.2 Å². The van der Waals surface area contributed by atoms with E-state index in [4.69, 9.17) is 4.99 Å². The second-order valence-electron chi connectivity index (χ2n) is 6.37. The number of thiazole rings is 1. The van der Waals surface area contributed by atoms with Crippen LogP contribution in [0.5, 0.6) is 0 Å². The van der Waals surface area contributed by atoms with Crippen LogP contribution < -0.4 is 10.6 Å². The molecular weight excluding hydrogens is 433 g/mol. The maximum Gasteiger partial charge on any atom is 0.191 e. The van der Waals surface area contributed by atoms with Gasteiger partial charge in [0.1, 0.15) is 0 Å². The predicted molar refractivity (Wildman–Crippen MR) is 115 cm³/mol. The molecule has 1 atom stereocenters. The van der Waals surface area contributed by atoms with Gasteiger partial charge in [-0.3, -0.25) is 4.99 Å². The first-order valence-electron chi connectivity index (χ1n) is 8.83. The molecule has 5 nitrogen and oxygen atoms in total. The van der Waals surface area contributed by atoms with Gasteiger partial charge in [0, 0.05) is 38.0 Å². The van der Waals surface area contributed by atoms with Gasteiger partial charge in [0.2, 0.25) is 0 Å². The van der Waals surface area contributed by atoms with Crippen molar-refractivity contribution in [1.82, 2.24) is 20.5 Å². The van der Waals surface area contributed by atoms with E-state index in [1.54, 1.807) is 11.3 Å². The standard InChI is InChI=1S/C17H31N5S.HI/c1-4-18-17(19-8-7-16-13-23-15(3)21-16)20-11-14(2)12-22-9-5-6-10-22;/h13-14H,4-12H2,1-3H3,(H2,18,19,20);1H. The van der Waals surface area contributed by atoms with Crippen LogP contribution in [0.15, 0.2) is 10.4 Å². The maximum atomic E-state index is 4.74. The molecule has 0 aromatic carbocycles. The van der Waals surface area contributed by atoms with Gasteiger partial charge in [0.15, 0.2) is 5.96 Å². The number of aromatic nitrogens is 1. The Morgan fingerprint density at radius 3 is 2.75 bits per heavy atom. The van der Waals surface area contributed by atoms with Crippen molar-refractivity contribution < 1.29 is 0 Å². The molecule has 0 radical (unpaired) electrons. The zero-order valence-electron chi connectivity index (χ0n) is 15.2. The van der Waals surface area contributed by atoms with Crippen molar-refractivity contribution in [1.29, 1.82) is 0 Å². The summed E-state index contributed by atoms with van der Waals surface area (Å²) in [7, 11) is 0. The van der Waals surface area contributed by atoms with Crippen molar-refractivity contribution >= 4 is 41.3 Å². The molecule has 2 heterocycles. The molecular formula is C17H32IN5S. The molecule has 1 unspecified atom stereocenters. The van der Waals surface area contributed by atoms with Crippen molar-refractivity contribution in [2.75, 3.05) is 39.3 Å². The fraction of sp³-hybridized carbons (Fsp3) is 0.765. The highest BCUT2D eigenvalue weighted by Crippen LogP contribution is 2.10. The summed E-state index contributed by atoms with van der Waals surface area (Å²) in [6.07, 6.45) is 3.66. The van der Waals surface area contributed by atoms with Crippen molar-refractivity contribution in [3.8, 4) is 0 Å². The van der Waals surface area contributed by atoms with E-state index in [2.05, 4.69) is 46.7 Å². The number of rotatable bonds is 8. The highest BCUT2D eigenvalue weighted by atomic mass is 127. The molecule has 0 saturated carbocycles.